The first kappa shape index (κ1) is 15.6. The van der Waals surface area contributed by atoms with Crippen LogP contribution in [0.2, 0.25) is 0 Å². The van der Waals surface area contributed by atoms with Crippen LogP contribution < -0.4 is 0 Å². The molecule has 3 aromatic carbocycles. The van der Waals surface area contributed by atoms with Gasteiger partial charge in [0.05, 0.1) is 0 Å². The van der Waals surface area contributed by atoms with E-state index < -0.39 is 5.92 Å². The molecule has 1 nitrogen and oxygen atoms in total. The molecule has 0 aliphatic carbocycles. The summed E-state index contributed by atoms with van der Waals surface area (Å²) in [6.45, 7) is 5.07. The number of benzene rings is 3. The second kappa shape index (κ2) is 5.55. The van der Waals surface area contributed by atoms with Gasteiger partial charge in [0.25, 0.3) is 5.92 Å². The van der Waals surface area contributed by atoms with Crippen molar-refractivity contribution in [3.05, 3.63) is 90.0 Å². The van der Waals surface area contributed by atoms with Gasteiger partial charge in [-0.3, -0.25) is 0 Å². The van der Waals surface area contributed by atoms with E-state index in [1.54, 1.807) is 12.1 Å². The zero-order valence-electron chi connectivity index (χ0n) is 13.7. The fraction of sp³-hybridized carbons (Fsp3) is 0.0909. The van der Waals surface area contributed by atoms with Crippen LogP contribution in [0.25, 0.3) is 27.5 Å². The maximum Gasteiger partial charge on any atom is 0.271 e. The highest BCUT2D eigenvalue weighted by molar-refractivity contribution is 6.10. The van der Waals surface area contributed by atoms with Gasteiger partial charge >= 0.3 is 0 Å². The molecule has 0 amide bonds. The standard InChI is InChI=1S/C22H16F2O/c1-14(15-8-4-3-5-9-15)16-12-13-18(22(2,23)24)20-17-10-6-7-11-19(17)25-21(16)20/h3-13H,1H2,2H3. The van der Waals surface area contributed by atoms with Gasteiger partial charge in [0.1, 0.15) is 11.2 Å². The van der Waals surface area contributed by atoms with Crippen LogP contribution in [0.4, 0.5) is 8.78 Å². The van der Waals surface area contributed by atoms with Crippen molar-refractivity contribution in [2.24, 2.45) is 0 Å². The molecule has 4 rings (SSSR count). The number of hydrogen-bond donors (Lipinski definition) is 0. The molecule has 25 heavy (non-hydrogen) atoms. The second-order valence-electron chi connectivity index (χ2n) is 6.20. The Hall–Kier alpha value is -2.94. The van der Waals surface area contributed by atoms with Crippen molar-refractivity contribution in [3.63, 3.8) is 0 Å². The Morgan fingerprint density at radius 1 is 0.920 bits per heavy atom. The maximum atomic E-state index is 14.2. The van der Waals surface area contributed by atoms with Crippen molar-refractivity contribution < 1.29 is 13.2 Å². The Kier molecular flexibility index (Phi) is 3.46. The minimum atomic E-state index is -2.96. The van der Waals surface area contributed by atoms with Crippen LogP contribution in [0.1, 0.15) is 23.6 Å². The third-order valence-corrected chi connectivity index (χ3v) is 4.45. The predicted octanol–water partition coefficient (Wildman–Crippen LogP) is 6.76. The molecule has 3 heteroatoms. The summed E-state index contributed by atoms with van der Waals surface area (Å²) in [6.07, 6.45) is 0. The Balaban J connectivity index is 2.07. The van der Waals surface area contributed by atoms with Crippen LogP contribution in [-0.2, 0) is 5.92 Å². The number of alkyl halides is 2. The van der Waals surface area contributed by atoms with Crippen molar-refractivity contribution in [2.45, 2.75) is 12.8 Å². The fourth-order valence-electron chi connectivity index (χ4n) is 3.23. The molecule has 0 bridgehead atoms. The molecular formula is C22H16F2O. The molecule has 124 valence electrons. The lowest BCUT2D eigenvalue weighted by Crippen LogP contribution is -2.07. The van der Waals surface area contributed by atoms with Crippen LogP contribution in [0, 0.1) is 0 Å². The fourth-order valence-corrected chi connectivity index (χ4v) is 3.23. The molecule has 4 aromatic rings. The predicted molar refractivity (Wildman–Crippen MR) is 97.9 cm³/mol. The first-order chi connectivity index (χ1) is 12.0. The lowest BCUT2D eigenvalue weighted by molar-refractivity contribution is 0.0191. The third-order valence-electron chi connectivity index (χ3n) is 4.45. The van der Waals surface area contributed by atoms with Gasteiger partial charge in [0, 0.05) is 28.8 Å². The quantitative estimate of drug-likeness (QED) is 0.403. The van der Waals surface area contributed by atoms with E-state index in [1.165, 1.54) is 6.07 Å². The molecule has 0 unspecified atom stereocenters. The Labute approximate surface area is 144 Å². The molecule has 0 atom stereocenters. The normalized spacial score (nSPS) is 12.0. The highest BCUT2D eigenvalue weighted by atomic mass is 19.3. The third kappa shape index (κ3) is 2.52. The summed E-state index contributed by atoms with van der Waals surface area (Å²) in [5.41, 5.74) is 3.42. The monoisotopic (exact) mass is 334 g/mol. The number of rotatable bonds is 3. The summed E-state index contributed by atoms with van der Waals surface area (Å²) in [6, 6.07) is 20.1. The summed E-state index contributed by atoms with van der Waals surface area (Å²) in [5.74, 6) is -2.96. The molecule has 1 heterocycles. The van der Waals surface area contributed by atoms with Gasteiger partial charge in [-0.2, -0.15) is 0 Å². The highest BCUT2D eigenvalue weighted by Crippen LogP contribution is 2.42. The number of para-hydroxylation sites is 1. The van der Waals surface area contributed by atoms with Gasteiger partial charge in [-0.25, -0.2) is 8.78 Å². The van der Waals surface area contributed by atoms with Crippen LogP contribution >= 0.6 is 0 Å². The molecule has 0 radical (unpaired) electrons. The SMILES string of the molecule is C=C(c1ccccc1)c1ccc(C(C)(F)F)c2c1oc1ccccc12. The zero-order chi connectivity index (χ0) is 17.6. The number of fused-ring (bicyclic) bond motifs is 3. The lowest BCUT2D eigenvalue weighted by Gasteiger charge is -2.14. The smallest absolute Gasteiger partial charge is 0.271 e. The van der Waals surface area contributed by atoms with Crippen molar-refractivity contribution in [3.8, 4) is 0 Å². The van der Waals surface area contributed by atoms with Crippen molar-refractivity contribution in [1.29, 1.82) is 0 Å². The molecule has 0 fully saturated rings. The van der Waals surface area contributed by atoms with E-state index >= 15 is 0 Å². The summed E-state index contributed by atoms with van der Waals surface area (Å²) in [4.78, 5) is 0. The van der Waals surface area contributed by atoms with Crippen LogP contribution in [-0.4, -0.2) is 0 Å². The molecular weight excluding hydrogens is 318 g/mol. The van der Waals surface area contributed by atoms with Gasteiger partial charge in [-0.15, -0.1) is 0 Å². The van der Waals surface area contributed by atoms with Gasteiger partial charge < -0.3 is 4.42 Å². The van der Waals surface area contributed by atoms with E-state index in [1.807, 2.05) is 48.5 Å². The number of hydrogen-bond acceptors (Lipinski definition) is 1. The Bertz CT molecular complexity index is 1090. The van der Waals surface area contributed by atoms with Gasteiger partial charge in [-0.05, 0) is 17.2 Å². The largest absolute Gasteiger partial charge is 0.455 e. The first-order valence-corrected chi connectivity index (χ1v) is 8.04. The molecule has 0 N–H and O–H groups in total. The number of halogens is 2. The minimum absolute atomic E-state index is 0.0305. The molecule has 0 saturated carbocycles. The van der Waals surface area contributed by atoms with E-state index in [4.69, 9.17) is 4.42 Å². The van der Waals surface area contributed by atoms with Crippen molar-refractivity contribution in [2.75, 3.05) is 0 Å². The second-order valence-corrected chi connectivity index (χ2v) is 6.20. The summed E-state index contributed by atoms with van der Waals surface area (Å²) in [7, 11) is 0. The molecule has 0 aliphatic heterocycles. The van der Waals surface area contributed by atoms with E-state index in [9.17, 15) is 8.78 Å². The Morgan fingerprint density at radius 3 is 2.32 bits per heavy atom. The average molecular weight is 334 g/mol. The van der Waals surface area contributed by atoms with Gasteiger partial charge in [0.15, 0.2) is 0 Å². The van der Waals surface area contributed by atoms with Gasteiger partial charge in [0.2, 0.25) is 0 Å². The summed E-state index contributed by atoms with van der Waals surface area (Å²) >= 11 is 0. The minimum Gasteiger partial charge on any atom is -0.455 e. The van der Waals surface area contributed by atoms with E-state index in [2.05, 4.69) is 6.58 Å². The zero-order valence-corrected chi connectivity index (χ0v) is 13.7. The summed E-state index contributed by atoms with van der Waals surface area (Å²) < 4.78 is 34.3. The average Bonchev–Trinajstić information content (AvgIpc) is 2.99. The molecule has 1 aromatic heterocycles. The van der Waals surface area contributed by atoms with Crippen LogP contribution in [0.5, 0.6) is 0 Å². The van der Waals surface area contributed by atoms with Crippen molar-refractivity contribution >= 4 is 27.5 Å². The maximum absolute atomic E-state index is 14.2. The molecule has 0 saturated heterocycles. The highest BCUT2D eigenvalue weighted by Gasteiger charge is 2.30. The molecule has 0 spiro atoms. The van der Waals surface area contributed by atoms with Crippen molar-refractivity contribution in [1.82, 2.24) is 0 Å². The van der Waals surface area contributed by atoms with E-state index in [0.717, 1.165) is 23.6 Å². The van der Waals surface area contributed by atoms with Gasteiger partial charge in [-0.1, -0.05) is 67.2 Å². The lowest BCUT2D eigenvalue weighted by atomic mass is 9.93. The first-order valence-electron chi connectivity index (χ1n) is 8.04. The number of furan rings is 1. The topological polar surface area (TPSA) is 13.1 Å². The van der Waals surface area contributed by atoms with Crippen LogP contribution in [0.15, 0.2) is 77.7 Å². The molecule has 0 aliphatic rings. The summed E-state index contributed by atoms with van der Waals surface area (Å²) in [5, 5.41) is 1.15. The van der Waals surface area contributed by atoms with Crippen LogP contribution in [0.3, 0.4) is 0 Å². The Morgan fingerprint density at radius 2 is 1.60 bits per heavy atom. The van der Waals surface area contributed by atoms with E-state index in [0.29, 0.717) is 21.9 Å². The van der Waals surface area contributed by atoms with E-state index in [-0.39, 0.29) is 5.56 Å².